The number of benzene rings is 5. The van der Waals surface area contributed by atoms with Crippen LogP contribution in [0.4, 0.5) is 24.5 Å². The van der Waals surface area contributed by atoms with Crippen molar-refractivity contribution in [3.05, 3.63) is 149 Å². The number of para-hydroxylation sites is 2. The van der Waals surface area contributed by atoms with Gasteiger partial charge in [0.15, 0.2) is 11.1 Å². The van der Waals surface area contributed by atoms with E-state index in [-0.39, 0.29) is 11.6 Å². The lowest BCUT2D eigenvalue weighted by atomic mass is 9.76. The summed E-state index contributed by atoms with van der Waals surface area (Å²) in [6.45, 7) is 3.79. The highest BCUT2D eigenvalue weighted by Crippen LogP contribution is 2.53. The summed E-state index contributed by atoms with van der Waals surface area (Å²) in [5, 5.41) is 6.63. The van der Waals surface area contributed by atoms with Gasteiger partial charge in [0.25, 0.3) is 6.02 Å². The molecule has 0 aliphatic carbocycles. The molecule has 7 nitrogen and oxygen atoms in total. The van der Waals surface area contributed by atoms with Crippen molar-refractivity contribution in [1.82, 2.24) is 5.32 Å². The van der Waals surface area contributed by atoms with Gasteiger partial charge in [-0.15, -0.1) is 0 Å². The molecule has 5 aromatic rings. The fourth-order valence-corrected chi connectivity index (χ4v) is 6.60. The van der Waals surface area contributed by atoms with Gasteiger partial charge in [-0.05, 0) is 92.1 Å². The number of methoxy groups -OCH3 is 3. The zero-order valence-electron chi connectivity index (χ0n) is 29.3. The highest BCUT2D eigenvalue weighted by atomic mass is 19.3. The molecule has 1 heterocycles. The van der Waals surface area contributed by atoms with Crippen molar-refractivity contribution in [3.8, 4) is 17.2 Å². The number of nitrogens with zero attached hydrogens (tertiary/aromatic N) is 1. The van der Waals surface area contributed by atoms with Crippen molar-refractivity contribution in [1.29, 1.82) is 0 Å². The van der Waals surface area contributed by atoms with Crippen LogP contribution in [0.1, 0.15) is 43.0 Å². The van der Waals surface area contributed by atoms with E-state index in [9.17, 15) is 0 Å². The van der Waals surface area contributed by atoms with Gasteiger partial charge in [-0.2, -0.15) is 8.78 Å². The highest BCUT2D eigenvalue weighted by Gasteiger charge is 2.66. The first-order valence-electron chi connectivity index (χ1n) is 16.4. The Balaban J connectivity index is 1.56. The number of rotatable bonds is 10. The molecule has 2 N–H and O–H groups in total. The first kappa shape index (κ1) is 35.2. The second-order valence-electron chi connectivity index (χ2n) is 12.9. The Bertz CT molecular complexity index is 1970. The van der Waals surface area contributed by atoms with Gasteiger partial charge in [0.1, 0.15) is 28.6 Å². The molecule has 0 amide bonds. The molecule has 0 aromatic heterocycles. The molecular formula is C41H40F3N3O4. The Labute approximate surface area is 296 Å². The van der Waals surface area contributed by atoms with E-state index >= 15 is 13.2 Å². The van der Waals surface area contributed by atoms with E-state index in [1.807, 2.05) is 84.9 Å². The van der Waals surface area contributed by atoms with Gasteiger partial charge >= 0.3 is 5.92 Å². The fourth-order valence-electron chi connectivity index (χ4n) is 6.60. The molecule has 0 saturated carbocycles. The number of hydrogen-bond donors (Lipinski definition) is 2. The van der Waals surface area contributed by atoms with E-state index in [1.54, 1.807) is 32.4 Å². The van der Waals surface area contributed by atoms with Gasteiger partial charge in [-0.1, -0.05) is 66.7 Å². The van der Waals surface area contributed by atoms with E-state index in [0.717, 1.165) is 22.8 Å². The number of halogens is 3. The van der Waals surface area contributed by atoms with Crippen LogP contribution in [0, 0.1) is 5.82 Å². The zero-order chi connectivity index (χ0) is 36.4. The van der Waals surface area contributed by atoms with Gasteiger partial charge in [0, 0.05) is 11.3 Å². The summed E-state index contributed by atoms with van der Waals surface area (Å²) in [5.74, 6) is -2.74. The number of alkyl halides is 2. The van der Waals surface area contributed by atoms with E-state index in [2.05, 4.69) is 15.6 Å². The van der Waals surface area contributed by atoms with Gasteiger partial charge in [0.2, 0.25) is 0 Å². The molecule has 10 heteroatoms. The number of nitrogens with one attached hydrogen (secondary N) is 2. The molecule has 51 heavy (non-hydrogen) atoms. The van der Waals surface area contributed by atoms with Gasteiger partial charge in [0.05, 0.1) is 27.0 Å². The lowest BCUT2D eigenvalue weighted by Gasteiger charge is -2.49. The normalized spacial score (nSPS) is 17.8. The second-order valence-corrected chi connectivity index (χ2v) is 12.9. The molecule has 1 unspecified atom stereocenters. The Hall–Kier alpha value is -5.64. The molecular weight excluding hydrogens is 655 g/mol. The second kappa shape index (κ2) is 13.6. The molecule has 5 aromatic carbocycles. The summed E-state index contributed by atoms with van der Waals surface area (Å²) < 4.78 is 72.0. The average molecular weight is 696 g/mol. The molecule has 1 aliphatic rings. The van der Waals surface area contributed by atoms with Crippen LogP contribution in [0.25, 0.3) is 0 Å². The summed E-state index contributed by atoms with van der Waals surface area (Å²) in [6, 6.07) is 35.3. The molecule has 1 aliphatic heterocycles. The first-order valence-corrected chi connectivity index (χ1v) is 16.4. The summed E-state index contributed by atoms with van der Waals surface area (Å²) in [4.78, 5) is 4.60. The third-order valence-electron chi connectivity index (χ3n) is 9.47. The predicted octanol–water partition coefficient (Wildman–Crippen LogP) is 9.19. The smallest absolute Gasteiger partial charge is 0.315 e. The van der Waals surface area contributed by atoms with Crippen LogP contribution in [0.15, 0.2) is 126 Å². The minimum atomic E-state index is -3.69. The maximum absolute atomic E-state index is 16.8. The van der Waals surface area contributed by atoms with E-state index in [4.69, 9.17) is 18.9 Å². The largest absolute Gasteiger partial charge is 0.497 e. The predicted molar refractivity (Wildman–Crippen MR) is 193 cm³/mol. The average Bonchev–Trinajstić information content (AvgIpc) is 3.14. The maximum Gasteiger partial charge on any atom is 0.315 e. The molecule has 6 rings (SSSR count). The number of ether oxygens (including phenoxy) is 4. The number of aliphatic imine (C=N–C) groups is 1. The zero-order valence-corrected chi connectivity index (χ0v) is 29.3. The van der Waals surface area contributed by atoms with E-state index in [1.165, 1.54) is 40.0 Å². The first-order chi connectivity index (χ1) is 24.4. The lowest BCUT2D eigenvalue weighted by molar-refractivity contribution is -0.209. The third kappa shape index (κ3) is 6.19. The van der Waals surface area contributed by atoms with Crippen LogP contribution < -0.4 is 24.8 Å². The summed E-state index contributed by atoms with van der Waals surface area (Å²) in [5.41, 5.74) is -2.95. The number of anilines is 2. The Morgan fingerprint density at radius 3 is 1.78 bits per heavy atom. The Morgan fingerprint density at radius 2 is 1.22 bits per heavy atom. The van der Waals surface area contributed by atoms with Crippen molar-refractivity contribution in [2.45, 2.75) is 43.4 Å². The molecule has 0 bridgehead atoms. The molecule has 264 valence electrons. The van der Waals surface area contributed by atoms with Gasteiger partial charge in [-0.3, -0.25) is 0 Å². The SMILES string of the molecule is COc1ccc(C(NC2=NC(C)(c3cc(Nc4ccccc4OC)ccc3F)C(F)(F)C(C)(C)O2)(c2ccccc2)c2ccc(OC)cc2)cc1. The molecule has 0 spiro atoms. The van der Waals surface area contributed by atoms with Crippen LogP contribution >= 0.6 is 0 Å². The van der Waals surface area contributed by atoms with Crippen molar-refractivity contribution in [2.75, 3.05) is 26.6 Å². The van der Waals surface area contributed by atoms with Crippen LogP contribution in [0.5, 0.6) is 17.2 Å². The third-order valence-corrected chi connectivity index (χ3v) is 9.47. The van der Waals surface area contributed by atoms with Crippen LogP contribution in [-0.4, -0.2) is 38.9 Å². The quantitative estimate of drug-likeness (QED) is 0.142. The molecule has 0 saturated heterocycles. The summed E-state index contributed by atoms with van der Waals surface area (Å²) in [7, 11) is 4.68. The molecule has 1 atom stereocenters. The monoisotopic (exact) mass is 695 g/mol. The lowest BCUT2D eigenvalue weighted by Crippen LogP contribution is -2.64. The van der Waals surface area contributed by atoms with Crippen molar-refractivity contribution in [2.24, 2.45) is 4.99 Å². The summed E-state index contributed by atoms with van der Waals surface area (Å²) >= 11 is 0. The Morgan fingerprint density at radius 1 is 0.667 bits per heavy atom. The van der Waals surface area contributed by atoms with Crippen LogP contribution in [0.2, 0.25) is 0 Å². The van der Waals surface area contributed by atoms with Gasteiger partial charge < -0.3 is 29.6 Å². The van der Waals surface area contributed by atoms with Crippen molar-refractivity contribution in [3.63, 3.8) is 0 Å². The van der Waals surface area contributed by atoms with E-state index in [0.29, 0.717) is 28.6 Å². The highest BCUT2D eigenvalue weighted by molar-refractivity contribution is 5.80. The fraction of sp³-hybridized carbons (Fsp3) is 0.244. The number of hydrogen-bond acceptors (Lipinski definition) is 7. The minimum Gasteiger partial charge on any atom is -0.497 e. The van der Waals surface area contributed by atoms with Crippen LogP contribution in [-0.2, 0) is 15.8 Å². The minimum absolute atomic E-state index is 0.202. The maximum atomic E-state index is 16.8. The summed E-state index contributed by atoms with van der Waals surface area (Å²) in [6.07, 6.45) is 0. The van der Waals surface area contributed by atoms with Crippen LogP contribution in [0.3, 0.4) is 0 Å². The molecule has 0 radical (unpaired) electrons. The van der Waals surface area contributed by atoms with E-state index < -0.39 is 28.4 Å². The topological polar surface area (TPSA) is 73.3 Å². The Kier molecular flexibility index (Phi) is 9.37. The molecule has 0 fully saturated rings. The standard InChI is InChI=1S/C41H40F3N3O4/c1-38(2)41(43,44)39(3,33-26-30(20-25-34(33)42)45-35-14-10-11-15-36(35)50-6)46-37(51-38)47-40(27-12-8-7-9-13-27,28-16-21-31(48-4)22-17-28)29-18-23-32(49-5)24-19-29/h7-26,45H,1-6H3,(H,46,47). The number of amidine groups is 1. The van der Waals surface area contributed by atoms with Gasteiger partial charge in [-0.25, -0.2) is 9.38 Å². The van der Waals surface area contributed by atoms with Crippen molar-refractivity contribution < 1.29 is 32.1 Å². The van der Waals surface area contributed by atoms with Crippen molar-refractivity contribution >= 4 is 17.4 Å².